The van der Waals surface area contributed by atoms with E-state index in [0.29, 0.717) is 24.3 Å². The number of carbonyl (C=O) groups excluding carboxylic acids is 1. The van der Waals surface area contributed by atoms with Crippen LogP contribution in [0.15, 0.2) is 60.7 Å². The van der Waals surface area contributed by atoms with Crippen molar-refractivity contribution in [3.8, 4) is 22.6 Å². The van der Waals surface area contributed by atoms with Gasteiger partial charge in [0.05, 0.1) is 6.61 Å². The predicted molar refractivity (Wildman–Crippen MR) is 116 cm³/mol. The second-order valence-corrected chi connectivity index (χ2v) is 7.61. The standard InChI is InChI=1S/C25H22FNO5/c1-27(14-23(28)29)25(30)19-4-2-3-16(11-19)15-32-21-7-5-17(6-8-21)22-13-20(26)12-18-9-10-31-24(18)22/h2-8,11-13H,9-10,14-15H2,1H3,(H,28,29). The number of benzene rings is 3. The topological polar surface area (TPSA) is 76.1 Å². The Kier molecular flexibility index (Phi) is 6.07. The molecule has 0 radical (unpaired) electrons. The third-order valence-corrected chi connectivity index (χ3v) is 5.21. The largest absolute Gasteiger partial charge is 0.492 e. The first-order valence-electron chi connectivity index (χ1n) is 10.2. The number of fused-ring (bicyclic) bond motifs is 1. The number of amides is 1. The molecular weight excluding hydrogens is 413 g/mol. The number of likely N-dealkylation sites (N-methyl/N-ethyl adjacent to an activating group) is 1. The molecule has 164 valence electrons. The monoisotopic (exact) mass is 435 g/mol. The number of carboxylic acids is 1. The lowest BCUT2D eigenvalue weighted by Gasteiger charge is -2.15. The van der Waals surface area contributed by atoms with Crippen LogP contribution < -0.4 is 9.47 Å². The molecule has 1 heterocycles. The van der Waals surface area contributed by atoms with Gasteiger partial charge in [-0.3, -0.25) is 9.59 Å². The maximum Gasteiger partial charge on any atom is 0.323 e. The van der Waals surface area contributed by atoms with E-state index in [-0.39, 0.29) is 24.9 Å². The molecule has 0 bridgehead atoms. The number of carbonyl (C=O) groups is 2. The molecule has 1 N–H and O–H groups in total. The number of ether oxygens (including phenoxy) is 2. The zero-order valence-corrected chi connectivity index (χ0v) is 17.5. The van der Waals surface area contributed by atoms with Gasteiger partial charge in [0.15, 0.2) is 0 Å². The van der Waals surface area contributed by atoms with Crippen LogP contribution in [-0.2, 0) is 17.8 Å². The van der Waals surface area contributed by atoms with E-state index < -0.39 is 5.97 Å². The summed E-state index contributed by atoms with van der Waals surface area (Å²) in [6.07, 6.45) is 0.703. The number of nitrogens with zero attached hydrogens (tertiary/aromatic N) is 1. The Bertz CT molecular complexity index is 1160. The van der Waals surface area contributed by atoms with Gasteiger partial charge in [0.25, 0.3) is 5.91 Å². The van der Waals surface area contributed by atoms with Crippen LogP contribution in [0.2, 0.25) is 0 Å². The summed E-state index contributed by atoms with van der Waals surface area (Å²) in [6.45, 7) is 0.424. The first kappa shape index (κ1) is 21.4. The highest BCUT2D eigenvalue weighted by Gasteiger charge is 2.19. The van der Waals surface area contributed by atoms with Crippen molar-refractivity contribution in [1.29, 1.82) is 0 Å². The van der Waals surface area contributed by atoms with Crippen LogP contribution in [0.4, 0.5) is 4.39 Å². The lowest BCUT2D eigenvalue weighted by molar-refractivity contribution is -0.137. The van der Waals surface area contributed by atoms with Crippen LogP contribution in [0.25, 0.3) is 11.1 Å². The van der Waals surface area contributed by atoms with Crippen LogP contribution >= 0.6 is 0 Å². The molecule has 0 saturated heterocycles. The molecule has 6 nitrogen and oxygen atoms in total. The highest BCUT2D eigenvalue weighted by molar-refractivity contribution is 5.95. The summed E-state index contributed by atoms with van der Waals surface area (Å²) >= 11 is 0. The molecule has 1 amide bonds. The fourth-order valence-corrected chi connectivity index (χ4v) is 3.67. The zero-order valence-electron chi connectivity index (χ0n) is 17.5. The molecule has 0 aromatic heterocycles. The number of hydrogen-bond donors (Lipinski definition) is 1. The van der Waals surface area contributed by atoms with Gasteiger partial charge in [-0.1, -0.05) is 24.3 Å². The number of halogens is 1. The van der Waals surface area contributed by atoms with Crippen molar-refractivity contribution in [3.63, 3.8) is 0 Å². The second-order valence-electron chi connectivity index (χ2n) is 7.61. The fraction of sp³-hybridized carbons (Fsp3) is 0.200. The molecule has 4 rings (SSSR count). The van der Waals surface area contributed by atoms with Crippen LogP contribution in [-0.4, -0.2) is 42.1 Å². The summed E-state index contributed by atoms with van der Waals surface area (Å²) in [7, 11) is 1.44. The molecule has 1 aliphatic heterocycles. The Hall–Kier alpha value is -3.87. The quantitative estimate of drug-likeness (QED) is 0.603. The van der Waals surface area contributed by atoms with Gasteiger partial charge in [-0.2, -0.15) is 0 Å². The number of carboxylic acid groups (broad SMARTS) is 1. The minimum Gasteiger partial charge on any atom is -0.492 e. The molecule has 0 fully saturated rings. The fourth-order valence-electron chi connectivity index (χ4n) is 3.67. The zero-order chi connectivity index (χ0) is 22.7. The molecule has 0 aliphatic carbocycles. The summed E-state index contributed by atoms with van der Waals surface area (Å²) in [6, 6.07) is 17.2. The van der Waals surface area contributed by atoms with E-state index in [1.54, 1.807) is 30.3 Å². The highest BCUT2D eigenvalue weighted by Crippen LogP contribution is 2.38. The summed E-state index contributed by atoms with van der Waals surface area (Å²) in [5.74, 6) is -0.369. The van der Waals surface area contributed by atoms with Crippen molar-refractivity contribution in [3.05, 3.63) is 83.2 Å². The molecule has 0 atom stereocenters. The summed E-state index contributed by atoms with van der Waals surface area (Å²) < 4.78 is 25.5. The smallest absolute Gasteiger partial charge is 0.323 e. The Labute approximate surface area is 184 Å². The summed E-state index contributed by atoms with van der Waals surface area (Å²) in [4.78, 5) is 24.3. The highest BCUT2D eigenvalue weighted by atomic mass is 19.1. The molecule has 0 saturated carbocycles. The maximum atomic E-state index is 14.0. The molecule has 0 spiro atoms. The van der Waals surface area contributed by atoms with E-state index in [0.717, 1.165) is 32.9 Å². The third-order valence-electron chi connectivity index (χ3n) is 5.21. The third kappa shape index (κ3) is 4.72. The minimum atomic E-state index is -1.07. The van der Waals surface area contributed by atoms with E-state index in [4.69, 9.17) is 14.6 Å². The molecule has 3 aromatic carbocycles. The summed E-state index contributed by atoms with van der Waals surface area (Å²) in [5.41, 5.74) is 3.61. The lowest BCUT2D eigenvalue weighted by Crippen LogP contribution is -2.31. The van der Waals surface area contributed by atoms with Gasteiger partial charge in [-0.15, -0.1) is 0 Å². The van der Waals surface area contributed by atoms with Crippen molar-refractivity contribution in [1.82, 2.24) is 4.90 Å². The van der Waals surface area contributed by atoms with E-state index >= 15 is 0 Å². The Morgan fingerprint density at radius 1 is 1.12 bits per heavy atom. The predicted octanol–water partition coefficient (Wildman–Crippen LogP) is 4.16. The van der Waals surface area contributed by atoms with Crippen molar-refractivity contribution in [2.75, 3.05) is 20.2 Å². The maximum absolute atomic E-state index is 14.0. The average molecular weight is 435 g/mol. The Morgan fingerprint density at radius 2 is 1.91 bits per heavy atom. The van der Waals surface area contributed by atoms with Gasteiger partial charge in [0.2, 0.25) is 0 Å². The second kappa shape index (κ2) is 9.09. The molecular formula is C25H22FNO5. The van der Waals surface area contributed by atoms with E-state index in [2.05, 4.69) is 0 Å². The normalized spacial score (nSPS) is 12.1. The Balaban J connectivity index is 1.44. The Morgan fingerprint density at radius 3 is 2.66 bits per heavy atom. The lowest BCUT2D eigenvalue weighted by atomic mass is 10.0. The van der Waals surface area contributed by atoms with Gasteiger partial charge in [0, 0.05) is 30.2 Å². The van der Waals surface area contributed by atoms with Gasteiger partial charge in [0.1, 0.15) is 30.5 Å². The van der Waals surface area contributed by atoms with Crippen LogP contribution in [0.5, 0.6) is 11.5 Å². The first-order chi connectivity index (χ1) is 15.4. The van der Waals surface area contributed by atoms with Crippen molar-refractivity contribution in [2.45, 2.75) is 13.0 Å². The molecule has 32 heavy (non-hydrogen) atoms. The van der Waals surface area contributed by atoms with Crippen LogP contribution in [0.1, 0.15) is 21.5 Å². The van der Waals surface area contributed by atoms with Crippen LogP contribution in [0.3, 0.4) is 0 Å². The van der Waals surface area contributed by atoms with Crippen molar-refractivity contribution >= 4 is 11.9 Å². The van der Waals surface area contributed by atoms with E-state index in [1.807, 2.05) is 18.2 Å². The van der Waals surface area contributed by atoms with Gasteiger partial charge < -0.3 is 19.5 Å². The van der Waals surface area contributed by atoms with Gasteiger partial charge in [-0.05, 0) is 47.5 Å². The molecule has 1 aliphatic rings. The average Bonchev–Trinajstić information content (AvgIpc) is 3.25. The number of hydrogen-bond acceptors (Lipinski definition) is 4. The number of rotatable bonds is 7. The molecule has 7 heteroatoms. The minimum absolute atomic E-state index is 0.238. The van der Waals surface area contributed by atoms with Crippen molar-refractivity contribution in [2.24, 2.45) is 0 Å². The SMILES string of the molecule is CN(CC(=O)O)C(=O)c1cccc(COc2ccc(-c3cc(F)cc4c3OCC4)cc2)c1. The van der Waals surface area contributed by atoms with Gasteiger partial charge >= 0.3 is 5.97 Å². The van der Waals surface area contributed by atoms with Gasteiger partial charge in [-0.25, -0.2) is 4.39 Å². The summed E-state index contributed by atoms with van der Waals surface area (Å²) in [5, 5.41) is 8.86. The van der Waals surface area contributed by atoms with Crippen molar-refractivity contribution < 1.29 is 28.6 Å². The van der Waals surface area contributed by atoms with E-state index in [9.17, 15) is 14.0 Å². The molecule has 3 aromatic rings. The van der Waals surface area contributed by atoms with E-state index in [1.165, 1.54) is 19.2 Å². The number of aliphatic carboxylic acids is 1. The van der Waals surface area contributed by atoms with Crippen LogP contribution in [0, 0.1) is 5.82 Å². The molecule has 0 unspecified atom stereocenters. The first-order valence-corrected chi connectivity index (χ1v) is 10.2.